The van der Waals surface area contributed by atoms with Crippen LogP contribution in [-0.4, -0.2) is 76.5 Å². The highest BCUT2D eigenvalue weighted by atomic mass is 19.4. The van der Waals surface area contributed by atoms with E-state index in [-0.39, 0.29) is 47.0 Å². The second-order valence-electron chi connectivity index (χ2n) is 9.12. The summed E-state index contributed by atoms with van der Waals surface area (Å²) in [5.74, 6) is 0.108. The highest BCUT2D eigenvalue weighted by Gasteiger charge is 2.34. The zero-order chi connectivity index (χ0) is 27.0. The maximum atomic E-state index is 13.4. The number of benzene rings is 1. The first-order valence-electron chi connectivity index (χ1n) is 12.3. The van der Waals surface area contributed by atoms with Crippen LogP contribution < -0.4 is 10.5 Å². The maximum absolute atomic E-state index is 13.4. The third-order valence-corrected chi connectivity index (χ3v) is 6.83. The average Bonchev–Trinajstić information content (AvgIpc) is 3.36. The molecule has 0 aliphatic carbocycles. The summed E-state index contributed by atoms with van der Waals surface area (Å²) in [5.41, 5.74) is 5.19. The molecule has 3 aromatic rings. The van der Waals surface area contributed by atoms with E-state index in [0.717, 1.165) is 18.9 Å². The largest absolute Gasteiger partial charge is 0.494 e. The third kappa shape index (κ3) is 4.78. The molecule has 2 aromatic heterocycles. The molecule has 0 bridgehead atoms. The first-order chi connectivity index (χ1) is 18.2. The normalized spacial score (nSPS) is 17.3. The summed E-state index contributed by atoms with van der Waals surface area (Å²) in [6.07, 6.45) is -2.24. The van der Waals surface area contributed by atoms with Gasteiger partial charge in [-0.2, -0.15) is 13.2 Å². The highest BCUT2D eigenvalue weighted by Crippen LogP contribution is 2.37. The van der Waals surface area contributed by atoms with Crippen LogP contribution in [0.4, 0.5) is 13.2 Å². The minimum Gasteiger partial charge on any atom is -0.494 e. The predicted molar refractivity (Wildman–Crippen MR) is 130 cm³/mol. The first kappa shape index (κ1) is 25.9. The lowest BCUT2D eigenvalue weighted by molar-refractivity contribution is -0.155. The van der Waals surface area contributed by atoms with Gasteiger partial charge >= 0.3 is 6.18 Å². The molecule has 2 saturated heterocycles. The minimum atomic E-state index is -4.63. The van der Waals surface area contributed by atoms with Gasteiger partial charge in [0.1, 0.15) is 17.0 Å². The molecule has 202 valence electrons. The summed E-state index contributed by atoms with van der Waals surface area (Å²) in [7, 11) is 1.34. The Morgan fingerprint density at radius 3 is 2.50 bits per heavy atom. The maximum Gasteiger partial charge on any atom is 0.433 e. The van der Waals surface area contributed by atoms with Crippen molar-refractivity contribution in [3.8, 4) is 17.2 Å². The van der Waals surface area contributed by atoms with Gasteiger partial charge in [0, 0.05) is 50.1 Å². The minimum absolute atomic E-state index is 0.0106. The second kappa shape index (κ2) is 10.2. The van der Waals surface area contributed by atoms with Crippen LogP contribution in [0.2, 0.25) is 0 Å². The van der Waals surface area contributed by atoms with Crippen LogP contribution in [0.5, 0.6) is 5.75 Å². The lowest BCUT2D eigenvalue weighted by Gasteiger charge is -2.42. The molecular weight excluding hydrogens is 505 g/mol. The number of pyridine rings is 1. The second-order valence-corrected chi connectivity index (χ2v) is 9.12. The molecule has 1 aromatic carbocycles. The van der Waals surface area contributed by atoms with Crippen LogP contribution in [0.1, 0.15) is 41.2 Å². The molecule has 38 heavy (non-hydrogen) atoms. The van der Waals surface area contributed by atoms with E-state index in [4.69, 9.17) is 14.9 Å². The topological polar surface area (TPSA) is 118 Å². The number of nitrogens with zero attached hydrogens (tertiary/aromatic N) is 5. The van der Waals surface area contributed by atoms with Crippen LogP contribution >= 0.6 is 0 Å². The van der Waals surface area contributed by atoms with Crippen molar-refractivity contribution in [2.45, 2.75) is 32.0 Å². The Labute approximate surface area is 216 Å². The van der Waals surface area contributed by atoms with E-state index in [1.165, 1.54) is 19.2 Å². The summed E-state index contributed by atoms with van der Waals surface area (Å²) in [6, 6.07) is 5.21. The number of hydrazine groups is 1. The lowest BCUT2D eigenvalue weighted by Crippen LogP contribution is -2.57. The molecular formula is C25H27F3N6O4. The number of amides is 2. The van der Waals surface area contributed by atoms with Crippen molar-refractivity contribution in [3.05, 3.63) is 41.4 Å². The molecule has 2 aliphatic rings. The number of nitrogens with two attached hydrogens (primary N) is 1. The predicted octanol–water partition coefficient (Wildman–Crippen LogP) is 3.06. The number of piperazine rings is 1. The summed E-state index contributed by atoms with van der Waals surface area (Å²) >= 11 is 0. The number of oxazole rings is 1. The van der Waals surface area contributed by atoms with Gasteiger partial charge in [0.25, 0.3) is 5.91 Å². The molecule has 0 atom stereocenters. The molecule has 2 fully saturated rings. The van der Waals surface area contributed by atoms with E-state index in [0.29, 0.717) is 50.1 Å². The fourth-order valence-electron chi connectivity index (χ4n) is 4.85. The number of halogens is 3. The Hall–Kier alpha value is -3.71. The van der Waals surface area contributed by atoms with Gasteiger partial charge in [0.2, 0.25) is 11.8 Å². The molecule has 0 radical (unpaired) electrons. The molecule has 2 aliphatic heterocycles. The van der Waals surface area contributed by atoms with Gasteiger partial charge < -0.3 is 19.8 Å². The van der Waals surface area contributed by atoms with Gasteiger partial charge in [-0.15, -0.1) is 0 Å². The summed E-state index contributed by atoms with van der Waals surface area (Å²) in [4.78, 5) is 35.4. The fraction of sp³-hybridized carbons (Fsp3) is 0.440. The van der Waals surface area contributed by atoms with E-state index in [1.54, 1.807) is 16.0 Å². The Morgan fingerprint density at radius 1 is 1.08 bits per heavy atom. The van der Waals surface area contributed by atoms with Crippen molar-refractivity contribution in [1.29, 1.82) is 0 Å². The van der Waals surface area contributed by atoms with Crippen LogP contribution in [0.25, 0.3) is 22.4 Å². The van der Waals surface area contributed by atoms with Gasteiger partial charge in [-0.3, -0.25) is 14.6 Å². The molecule has 2 amide bonds. The Bertz CT molecular complexity index is 1370. The fourth-order valence-corrected chi connectivity index (χ4v) is 4.85. The number of fused-ring (bicyclic) bond motifs is 1. The summed E-state index contributed by atoms with van der Waals surface area (Å²) in [5, 5.41) is 4.08. The molecule has 0 spiro atoms. The van der Waals surface area contributed by atoms with Crippen LogP contribution in [0.3, 0.4) is 0 Å². The van der Waals surface area contributed by atoms with Crippen molar-refractivity contribution >= 4 is 22.7 Å². The summed E-state index contributed by atoms with van der Waals surface area (Å²) in [6.45, 7) is 2.40. The van der Waals surface area contributed by atoms with Crippen molar-refractivity contribution in [1.82, 2.24) is 24.9 Å². The van der Waals surface area contributed by atoms with Gasteiger partial charge in [-0.25, -0.2) is 15.0 Å². The highest BCUT2D eigenvalue weighted by molar-refractivity contribution is 5.98. The number of carbonyl (C=O) groups excluding carboxylic acids is 2. The number of hydrogen-bond donors (Lipinski definition) is 1. The van der Waals surface area contributed by atoms with Gasteiger partial charge in [0.05, 0.1) is 13.7 Å². The number of hydrogen-bond acceptors (Lipinski definition) is 8. The molecule has 0 saturated carbocycles. The Morgan fingerprint density at radius 2 is 1.84 bits per heavy atom. The van der Waals surface area contributed by atoms with Crippen molar-refractivity contribution < 1.29 is 31.9 Å². The Kier molecular flexibility index (Phi) is 6.97. The van der Waals surface area contributed by atoms with Gasteiger partial charge in [-0.1, -0.05) is 0 Å². The number of methoxy groups -OCH3 is 1. The van der Waals surface area contributed by atoms with Crippen molar-refractivity contribution in [3.63, 3.8) is 0 Å². The lowest BCUT2D eigenvalue weighted by atomic mass is 10.1. The zero-order valence-corrected chi connectivity index (χ0v) is 20.8. The van der Waals surface area contributed by atoms with Gasteiger partial charge in [0.15, 0.2) is 11.5 Å². The number of carbonyl (C=O) groups is 2. The smallest absolute Gasteiger partial charge is 0.433 e. The molecule has 13 heteroatoms. The number of aromatic nitrogens is 2. The summed E-state index contributed by atoms with van der Waals surface area (Å²) < 4.78 is 50.9. The quantitative estimate of drug-likeness (QED) is 0.533. The SMILES string of the molecule is COc1ccc(-c2nc(C(=O)N3CCN(N4CCCCC4=O)CC3)c(CN)o2)c2ccc(C(F)(F)F)nc12. The number of piperidine rings is 1. The number of alkyl halides is 3. The average molecular weight is 533 g/mol. The van der Waals surface area contributed by atoms with E-state index in [2.05, 4.69) is 9.97 Å². The number of ether oxygens (including phenoxy) is 1. The first-order valence-corrected chi connectivity index (χ1v) is 12.3. The monoisotopic (exact) mass is 532 g/mol. The van der Waals surface area contributed by atoms with Crippen LogP contribution in [0, 0.1) is 0 Å². The van der Waals surface area contributed by atoms with Gasteiger partial charge in [-0.05, 0) is 37.1 Å². The molecule has 2 N–H and O–H groups in total. The molecule has 4 heterocycles. The van der Waals surface area contributed by atoms with E-state index < -0.39 is 11.9 Å². The standard InChI is InChI=1S/C25H27F3N6O4/c1-37-17-7-5-16(15-6-8-19(25(26,27)28)30-21(15)17)23-31-22(18(14-29)38-23)24(36)32-10-12-33(13-11-32)34-9-3-2-4-20(34)35/h5-8H,2-4,9-14,29H2,1H3. The van der Waals surface area contributed by atoms with E-state index >= 15 is 0 Å². The Balaban J connectivity index is 1.42. The zero-order valence-electron chi connectivity index (χ0n) is 20.8. The molecule has 10 nitrogen and oxygen atoms in total. The van der Waals surface area contributed by atoms with Crippen molar-refractivity contribution in [2.24, 2.45) is 5.73 Å². The third-order valence-electron chi connectivity index (χ3n) is 6.83. The van der Waals surface area contributed by atoms with E-state index in [9.17, 15) is 22.8 Å². The molecule has 5 rings (SSSR count). The van der Waals surface area contributed by atoms with E-state index in [1.807, 2.05) is 5.01 Å². The van der Waals surface area contributed by atoms with Crippen molar-refractivity contribution in [2.75, 3.05) is 39.8 Å². The molecule has 0 unspecified atom stereocenters. The van der Waals surface area contributed by atoms with Crippen LogP contribution in [-0.2, 0) is 17.5 Å². The number of rotatable bonds is 5. The van der Waals surface area contributed by atoms with Crippen LogP contribution in [0.15, 0.2) is 28.7 Å².